The van der Waals surface area contributed by atoms with Gasteiger partial charge in [-0.2, -0.15) is 0 Å². The topological polar surface area (TPSA) is 51.1 Å². The highest BCUT2D eigenvalue weighted by molar-refractivity contribution is 5.66. The van der Waals surface area contributed by atoms with E-state index >= 15 is 0 Å². The molecule has 3 heterocycles. The van der Waals surface area contributed by atoms with E-state index in [0.29, 0.717) is 12.5 Å². The van der Waals surface area contributed by atoms with Gasteiger partial charge >= 0.3 is 0 Å². The molecule has 5 nitrogen and oxygen atoms in total. The minimum absolute atomic E-state index is 0.501. The first kappa shape index (κ1) is 20.7. The summed E-state index contributed by atoms with van der Waals surface area (Å²) in [7, 11) is 0. The lowest BCUT2D eigenvalue weighted by Gasteiger charge is -2.24. The van der Waals surface area contributed by atoms with Gasteiger partial charge in [-0.05, 0) is 74.8 Å². The molecule has 1 atom stereocenters. The second-order valence-electron chi connectivity index (χ2n) is 8.93. The van der Waals surface area contributed by atoms with Crippen LogP contribution in [0.3, 0.4) is 0 Å². The number of ether oxygens (including phenoxy) is 1. The number of aryl methyl sites for hydroxylation is 2. The van der Waals surface area contributed by atoms with Gasteiger partial charge in [0.2, 0.25) is 0 Å². The van der Waals surface area contributed by atoms with E-state index in [1.165, 1.54) is 34.4 Å². The van der Waals surface area contributed by atoms with Crippen LogP contribution in [-0.4, -0.2) is 28.1 Å². The van der Waals surface area contributed by atoms with Gasteiger partial charge in [0.1, 0.15) is 24.5 Å². The van der Waals surface area contributed by atoms with E-state index in [1.54, 1.807) is 6.33 Å². The zero-order chi connectivity index (χ0) is 22.1. The highest BCUT2D eigenvalue weighted by Gasteiger charge is 2.24. The van der Waals surface area contributed by atoms with Crippen molar-refractivity contribution < 1.29 is 4.74 Å². The molecule has 5 rings (SSSR count). The second-order valence-corrected chi connectivity index (χ2v) is 8.93. The van der Waals surface area contributed by atoms with Crippen LogP contribution >= 0.6 is 0 Å². The van der Waals surface area contributed by atoms with Crippen molar-refractivity contribution in [2.24, 2.45) is 5.92 Å². The number of pyridine rings is 1. The SMILES string of the molecule is C=C[C@H]1CCCc2c(ncnc2N2CCOc3ccc(-c4cnc(C)c(C)c4)cc3C2)C1. The van der Waals surface area contributed by atoms with Gasteiger partial charge in [0.25, 0.3) is 0 Å². The van der Waals surface area contributed by atoms with Gasteiger partial charge in [0.15, 0.2) is 0 Å². The summed E-state index contributed by atoms with van der Waals surface area (Å²) in [5.74, 6) is 2.52. The van der Waals surface area contributed by atoms with Crippen molar-refractivity contribution >= 4 is 5.82 Å². The van der Waals surface area contributed by atoms with Crippen molar-refractivity contribution in [1.29, 1.82) is 0 Å². The fourth-order valence-electron chi connectivity index (χ4n) is 4.79. The molecule has 3 aromatic rings. The molecule has 0 saturated carbocycles. The molecule has 2 aliphatic rings. The smallest absolute Gasteiger partial charge is 0.135 e. The lowest BCUT2D eigenvalue weighted by Crippen LogP contribution is -2.28. The zero-order valence-corrected chi connectivity index (χ0v) is 19.0. The third-order valence-electron chi connectivity index (χ3n) is 6.82. The van der Waals surface area contributed by atoms with Gasteiger partial charge in [0, 0.05) is 40.8 Å². The van der Waals surface area contributed by atoms with E-state index < -0.39 is 0 Å². The molecule has 32 heavy (non-hydrogen) atoms. The molecule has 0 bridgehead atoms. The van der Waals surface area contributed by atoms with Crippen LogP contribution in [0.4, 0.5) is 5.82 Å². The number of aromatic nitrogens is 3. The Bertz CT molecular complexity index is 1160. The Morgan fingerprint density at radius 2 is 2.03 bits per heavy atom. The van der Waals surface area contributed by atoms with E-state index in [2.05, 4.69) is 58.7 Å². The summed E-state index contributed by atoms with van der Waals surface area (Å²) < 4.78 is 6.12. The van der Waals surface area contributed by atoms with Gasteiger partial charge in [-0.1, -0.05) is 12.1 Å². The van der Waals surface area contributed by atoms with Crippen LogP contribution in [0.15, 0.2) is 49.4 Å². The Kier molecular flexibility index (Phi) is 5.64. The number of nitrogens with zero attached hydrogens (tertiary/aromatic N) is 4. The molecule has 0 radical (unpaired) electrons. The second kappa shape index (κ2) is 8.73. The molecule has 5 heteroatoms. The normalized spacial score (nSPS) is 18.1. The van der Waals surface area contributed by atoms with Crippen molar-refractivity contribution in [1.82, 2.24) is 15.0 Å². The molecule has 0 N–H and O–H groups in total. The Morgan fingerprint density at radius 1 is 1.12 bits per heavy atom. The summed E-state index contributed by atoms with van der Waals surface area (Å²) in [6.45, 7) is 10.4. The Morgan fingerprint density at radius 3 is 2.88 bits per heavy atom. The lowest BCUT2D eigenvalue weighted by molar-refractivity contribution is 0.331. The average molecular weight is 427 g/mol. The quantitative estimate of drug-likeness (QED) is 0.424. The van der Waals surface area contributed by atoms with Crippen LogP contribution in [0, 0.1) is 19.8 Å². The molecule has 1 aliphatic carbocycles. The first-order valence-electron chi connectivity index (χ1n) is 11.5. The number of fused-ring (bicyclic) bond motifs is 2. The highest BCUT2D eigenvalue weighted by atomic mass is 16.5. The highest BCUT2D eigenvalue weighted by Crippen LogP contribution is 2.34. The summed E-state index contributed by atoms with van der Waals surface area (Å²) in [6.07, 6.45) is 10.1. The fourth-order valence-corrected chi connectivity index (χ4v) is 4.79. The Balaban J connectivity index is 1.49. The van der Waals surface area contributed by atoms with E-state index in [0.717, 1.165) is 55.2 Å². The number of benzene rings is 1. The molecule has 0 saturated heterocycles. The summed E-state index contributed by atoms with van der Waals surface area (Å²) in [4.78, 5) is 16.3. The molecule has 0 unspecified atom stereocenters. The van der Waals surface area contributed by atoms with E-state index in [4.69, 9.17) is 9.72 Å². The van der Waals surface area contributed by atoms with Gasteiger partial charge in [-0.15, -0.1) is 6.58 Å². The Labute approximate surface area is 190 Å². The average Bonchev–Trinajstić information content (AvgIpc) is 3.16. The van der Waals surface area contributed by atoms with Crippen molar-refractivity contribution in [3.63, 3.8) is 0 Å². The Hall–Kier alpha value is -3.21. The van der Waals surface area contributed by atoms with Crippen molar-refractivity contribution in [3.05, 3.63) is 77.5 Å². The molecule has 1 aliphatic heterocycles. The number of allylic oxidation sites excluding steroid dienone is 1. The van der Waals surface area contributed by atoms with E-state index in [-0.39, 0.29) is 0 Å². The monoisotopic (exact) mass is 426 g/mol. The van der Waals surface area contributed by atoms with Gasteiger partial charge in [-0.25, -0.2) is 9.97 Å². The maximum Gasteiger partial charge on any atom is 0.135 e. The predicted molar refractivity (Wildman–Crippen MR) is 128 cm³/mol. The summed E-state index contributed by atoms with van der Waals surface area (Å²) in [5, 5.41) is 0. The van der Waals surface area contributed by atoms with E-state index in [1.807, 2.05) is 13.1 Å². The fraction of sp³-hybridized carbons (Fsp3) is 0.370. The molecule has 1 aromatic carbocycles. The molecule has 164 valence electrons. The van der Waals surface area contributed by atoms with Crippen molar-refractivity contribution in [2.75, 3.05) is 18.1 Å². The minimum atomic E-state index is 0.501. The summed E-state index contributed by atoms with van der Waals surface area (Å²) in [5.41, 5.74) is 8.24. The molecular weight excluding hydrogens is 396 g/mol. The minimum Gasteiger partial charge on any atom is -0.491 e. The van der Waals surface area contributed by atoms with Crippen LogP contribution in [0.1, 0.15) is 40.9 Å². The van der Waals surface area contributed by atoms with Crippen LogP contribution in [0.25, 0.3) is 11.1 Å². The first-order valence-corrected chi connectivity index (χ1v) is 11.5. The number of hydrogen-bond donors (Lipinski definition) is 0. The van der Waals surface area contributed by atoms with Crippen molar-refractivity contribution in [2.45, 2.75) is 46.1 Å². The number of anilines is 1. The van der Waals surface area contributed by atoms with Gasteiger partial charge < -0.3 is 9.64 Å². The lowest BCUT2D eigenvalue weighted by atomic mass is 10.0. The third-order valence-corrected chi connectivity index (χ3v) is 6.82. The summed E-state index contributed by atoms with van der Waals surface area (Å²) in [6, 6.07) is 8.68. The molecule has 2 aromatic heterocycles. The molecule has 0 amide bonds. The van der Waals surface area contributed by atoms with Crippen LogP contribution in [-0.2, 0) is 19.4 Å². The molecular formula is C27H30N4O. The number of rotatable bonds is 3. The zero-order valence-electron chi connectivity index (χ0n) is 19.0. The van der Waals surface area contributed by atoms with Crippen molar-refractivity contribution in [3.8, 4) is 16.9 Å². The van der Waals surface area contributed by atoms with Crippen LogP contribution in [0.2, 0.25) is 0 Å². The third kappa shape index (κ3) is 3.99. The first-order chi connectivity index (χ1) is 15.6. The van der Waals surface area contributed by atoms with Gasteiger partial charge in [0.05, 0.1) is 6.54 Å². The van der Waals surface area contributed by atoms with Gasteiger partial charge in [-0.3, -0.25) is 4.98 Å². The maximum absolute atomic E-state index is 6.12. The molecule has 0 spiro atoms. The molecule has 0 fully saturated rings. The standard InChI is InChI=1S/C27H30N4O/c1-4-20-6-5-7-24-25(13-20)29-17-30-27(24)31-10-11-32-26-9-8-21(14-23(26)16-31)22-12-18(2)19(3)28-15-22/h4,8-9,12,14-15,17,20H,1,5-7,10-11,13,16H2,2-3H3/t20-/m0/s1. The largest absolute Gasteiger partial charge is 0.491 e. The number of hydrogen-bond acceptors (Lipinski definition) is 5. The van der Waals surface area contributed by atoms with Crippen LogP contribution < -0.4 is 9.64 Å². The van der Waals surface area contributed by atoms with E-state index in [9.17, 15) is 0 Å². The summed E-state index contributed by atoms with van der Waals surface area (Å²) >= 11 is 0. The van der Waals surface area contributed by atoms with Crippen LogP contribution in [0.5, 0.6) is 5.75 Å². The predicted octanol–water partition coefficient (Wildman–Crippen LogP) is 5.24. The maximum atomic E-state index is 6.12.